The molecular weight excluding hydrogens is 665 g/mol. The van der Waals surface area contributed by atoms with Crippen molar-refractivity contribution >= 4 is 41.2 Å². The average Bonchev–Trinajstić information content (AvgIpc) is 3.37. The summed E-state index contributed by atoms with van der Waals surface area (Å²) in [6.45, 7) is 12.2. The van der Waals surface area contributed by atoms with Gasteiger partial charge in [-0.25, -0.2) is 0 Å². The molecule has 3 aliphatic rings. The number of ether oxygens (including phenoxy) is 3. The van der Waals surface area contributed by atoms with Gasteiger partial charge in [0.25, 0.3) is 0 Å². The van der Waals surface area contributed by atoms with Crippen molar-refractivity contribution in [3.05, 3.63) is 124 Å². The number of methoxy groups -OCH3 is 2. The van der Waals surface area contributed by atoms with Crippen molar-refractivity contribution in [3.8, 4) is 28.4 Å². The summed E-state index contributed by atoms with van der Waals surface area (Å²) in [5.74, 6) is 3.25. The molecule has 5 aromatic rings. The minimum Gasteiger partial charge on any atom is -0.497 e. The van der Waals surface area contributed by atoms with Gasteiger partial charge in [-0.15, -0.1) is 11.8 Å². The van der Waals surface area contributed by atoms with Crippen molar-refractivity contribution in [2.24, 2.45) is 10.8 Å². The van der Waals surface area contributed by atoms with Crippen LogP contribution in [0.5, 0.6) is 17.2 Å². The van der Waals surface area contributed by atoms with Crippen LogP contribution in [0, 0.1) is 17.8 Å². The Morgan fingerprint density at radius 2 is 1.37 bits per heavy atom. The standard InChI is InChI=1S/C46H48O3S2/c1-28-9-18-34-38(21-28)45(26-43(2,3)25-44(4,5)27-45)41-35-19-20-46(30-10-14-32(47-6)15-11-30,31-12-16-33(48-7)17-13-31)49-42(35)37-23-39(51-8)29(24-50)22-36(37)40(34)41/h9-23,50H,24-27H2,1-8H3. The smallest absolute Gasteiger partial charge is 0.178 e. The maximum absolute atomic E-state index is 7.71. The second-order valence-electron chi connectivity index (χ2n) is 16.5. The van der Waals surface area contributed by atoms with Gasteiger partial charge >= 0.3 is 0 Å². The minimum absolute atomic E-state index is 0.153. The third-order valence-electron chi connectivity index (χ3n) is 11.6. The van der Waals surface area contributed by atoms with E-state index in [0.717, 1.165) is 46.6 Å². The normalized spacial score (nSPS) is 18.5. The fraction of sp³-hybridized carbons (Fsp3) is 0.348. The number of thiol groups is 1. The Morgan fingerprint density at radius 3 is 1.92 bits per heavy atom. The molecule has 0 saturated heterocycles. The molecule has 5 heteroatoms. The summed E-state index contributed by atoms with van der Waals surface area (Å²) < 4.78 is 18.9. The van der Waals surface area contributed by atoms with Gasteiger partial charge in [-0.3, -0.25) is 0 Å². The van der Waals surface area contributed by atoms with Crippen LogP contribution < -0.4 is 14.2 Å². The van der Waals surface area contributed by atoms with Crippen LogP contribution in [0.3, 0.4) is 0 Å². The SMILES string of the molecule is COc1ccc(C2(c3ccc(OC)cc3)C=Cc3c4c(c5cc(CS)c(SC)cc5c3O2)-c2ccc(C)cc2C42CC(C)(C)CC(C)(C)C2)cc1. The molecule has 1 fully saturated rings. The highest BCUT2D eigenvalue weighted by atomic mass is 32.2. The number of benzene rings is 5. The van der Waals surface area contributed by atoms with Gasteiger partial charge in [0, 0.05) is 38.1 Å². The maximum Gasteiger partial charge on any atom is 0.178 e. The van der Waals surface area contributed by atoms with E-state index in [-0.39, 0.29) is 16.2 Å². The molecule has 51 heavy (non-hydrogen) atoms. The van der Waals surface area contributed by atoms with Crippen LogP contribution in [0.25, 0.3) is 28.0 Å². The Labute approximate surface area is 313 Å². The molecule has 1 saturated carbocycles. The van der Waals surface area contributed by atoms with E-state index in [2.05, 4.69) is 108 Å². The lowest BCUT2D eigenvalue weighted by Crippen LogP contribution is -2.44. The van der Waals surface area contributed by atoms with Crippen LogP contribution in [0.1, 0.15) is 85.9 Å². The third kappa shape index (κ3) is 5.32. The zero-order chi connectivity index (χ0) is 35.9. The molecule has 0 radical (unpaired) electrons. The number of aryl methyl sites for hydroxylation is 1. The van der Waals surface area contributed by atoms with Crippen molar-refractivity contribution < 1.29 is 14.2 Å². The third-order valence-corrected chi connectivity index (χ3v) is 12.8. The molecule has 262 valence electrons. The number of hydrogen-bond acceptors (Lipinski definition) is 5. The van der Waals surface area contributed by atoms with E-state index in [0.29, 0.717) is 5.75 Å². The summed E-state index contributed by atoms with van der Waals surface area (Å²) in [7, 11) is 3.42. The van der Waals surface area contributed by atoms with Gasteiger partial charge in [0.1, 0.15) is 17.2 Å². The summed E-state index contributed by atoms with van der Waals surface area (Å²) in [5.41, 5.74) is 10.8. The topological polar surface area (TPSA) is 27.7 Å². The van der Waals surface area contributed by atoms with E-state index in [1.165, 1.54) is 55.6 Å². The van der Waals surface area contributed by atoms with Crippen LogP contribution >= 0.6 is 24.4 Å². The van der Waals surface area contributed by atoms with Crippen molar-refractivity contribution in [3.63, 3.8) is 0 Å². The number of thioether (sulfide) groups is 1. The van der Waals surface area contributed by atoms with Gasteiger partial charge in [-0.05, 0) is 119 Å². The highest BCUT2D eigenvalue weighted by Gasteiger charge is 2.55. The minimum atomic E-state index is -0.880. The average molecular weight is 713 g/mol. The summed E-state index contributed by atoms with van der Waals surface area (Å²) in [6, 6.07) is 28.6. The zero-order valence-corrected chi connectivity index (χ0v) is 32.8. The first kappa shape index (κ1) is 34.3. The molecule has 0 amide bonds. The number of rotatable bonds is 6. The van der Waals surface area contributed by atoms with Crippen LogP contribution in [-0.2, 0) is 16.8 Å². The first-order valence-electron chi connectivity index (χ1n) is 18.0. The van der Waals surface area contributed by atoms with Gasteiger partial charge in [-0.2, -0.15) is 12.6 Å². The van der Waals surface area contributed by atoms with Gasteiger partial charge in [0.2, 0.25) is 0 Å². The van der Waals surface area contributed by atoms with E-state index in [1.807, 2.05) is 24.3 Å². The molecule has 1 spiro atoms. The Hall–Kier alpha value is -3.80. The van der Waals surface area contributed by atoms with Crippen molar-refractivity contribution in [2.45, 2.75) is 75.5 Å². The molecule has 5 aromatic carbocycles. The van der Waals surface area contributed by atoms with E-state index in [4.69, 9.17) is 26.8 Å². The second-order valence-corrected chi connectivity index (χ2v) is 17.6. The highest BCUT2D eigenvalue weighted by Crippen LogP contribution is 2.67. The van der Waals surface area contributed by atoms with Crippen LogP contribution in [-0.4, -0.2) is 20.5 Å². The monoisotopic (exact) mass is 712 g/mol. The predicted molar refractivity (Wildman–Crippen MR) is 217 cm³/mol. The summed E-state index contributed by atoms with van der Waals surface area (Å²) in [4.78, 5) is 1.23. The fourth-order valence-electron chi connectivity index (χ4n) is 10.3. The van der Waals surface area contributed by atoms with Gasteiger partial charge < -0.3 is 14.2 Å². The quantitative estimate of drug-likeness (QED) is 0.140. The van der Waals surface area contributed by atoms with Crippen molar-refractivity contribution in [1.82, 2.24) is 0 Å². The Morgan fingerprint density at radius 1 is 0.765 bits per heavy atom. The fourth-order valence-corrected chi connectivity index (χ4v) is 11.3. The van der Waals surface area contributed by atoms with Crippen molar-refractivity contribution in [2.75, 3.05) is 20.5 Å². The number of hydrogen-bond donors (Lipinski definition) is 1. The van der Waals surface area contributed by atoms with Crippen LogP contribution in [0.15, 0.2) is 89.8 Å². The molecule has 0 N–H and O–H groups in total. The van der Waals surface area contributed by atoms with Gasteiger partial charge in [-0.1, -0.05) is 81.8 Å². The molecule has 0 atom stereocenters. The predicted octanol–water partition coefficient (Wildman–Crippen LogP) is 12.2. The summed E-state index contributed by atoms with van der Waals surface area (Å²) in [6.07, 6.45) is 10.2. The molecule has 2 aliphatic carbocycles. The maximum atomic E-state index is 7.71. The van der Waals surface area contributed by atoms with Crippen molar-refractivity contribution in [1.29, 1.82) is 0 Å². The van der Waals surface area contributed by atoms with E-state index in [1.54, 1.807) is 26.0 Å². The van der Waals surface area contributed by atoms with Crippen LogP contribution in [0.4, 0.5) is 0 Å². The Balaban J connectivity index is 1.50. The molecule has 0 aromatic heterocycles. The second kappa shape index (κ2) is 12.1. The van der Waals surface area contributed by atoms with E-state index in [9.17, 15) is 0 Å². The molecule has 0 unspecified atom stereocenters. The first-order chi connectivity index (χ1) is 24.4. The largest absolute Gasteiger partial charge is 0.497 e. The lowest BCUT2D eigenvalue weighted by atomic mass is 9.52. The highest BCUT2D eigenvalue weighted by molar-refractivity contribution is 7.98. The lowest BCUT2D eigenvalue weighted by molar-refractivity contribution is 0.0641. The van der Waals surface area contributed by atoms with Gasteiger partial charge in [0.05, 0.1) is 14.2 Å². The van der Waals surface area contributed by atoms with E-state index >= 15 is 0 Å². The molecule has 1 heterocycles. The molecule has 0 bridgehead atoms. The number of fused-ring (bicyclic) bond motifs is 10. The Kier molecular flexibility index (Phi) is 8.16. The molecule has 3 nitrogen and oxygen atoms in total. The first-order valence-corrected chi connectivity index (χ1v) is 19.8. The summed E-state index contributed by atoms with van der Waals surface area (Å²) in [5, 5.41) is 2.40. The zero-order valence-electron chi connectivity index (χ0n) is 31.1. The van der Waals surface area contributed by atoms with Gasteiger partial charge in [0.15, 0.2) is 5.60 Å². The Bertz CT molecular complexity index is 2150. The molecular formula is C46H48O3S2. The van der Waals surface area contributed by atoms with Crippen LogP contribution in [0.2, 0.25) is 0 Å². The molecule has 8 rings (SSSR count). The molecule has 1 aliphatic heterocycles. The lowest BCUT2D eigenvalue weighted by Gasteiger charge is -2.52. The van der Waals surface area contributed by atoms with E-state index < -0.39 is 5.60 Å². The summed E-state index contributed by atoms with van der Waals surface area (Å²) >= 11 is 6.63.